The Morgan fingerprint density at radius 1 is 0.700 bits per heavy atom. The molecule has 7 heteroatoms. The summed E-state index contributed by atoms with van der Waals surface area (Å²) in [4.78, 5) is 24.8. The van der Waals surface area contributed by atoms with Gasteiger partial charge in [0.15, 0.2) is 0 Å². The Labute approximate surface area is 68.4 Å². The molecule has 0 rings (SSSR count). The van der Waals surface area contributed by atoms with Gasteiger partial charge >= 0.3 is 0 Å². The minimum atomic E-state index is -0.500. The standard InChI is InChI=1S/3CH2O2.V/c3*2-1-3;/h3*1H,(H,2,3);/p-3. The summed E-state index contributed by atoms with van der Waals surface area (Å²) < 4.78 is 0. The Morgan fingerprint density at radius 2 is 0.700 bits per heavy atom. The average molecular weight is 186 g/mol. The van der Waals surface area contributed by atoms with Crippen LogP contribution in [0, 0.1) is 0 Å². The van der Waals surface area contributed by atoms with Crippen LogP contribution in [0.5, 0.6) is 0 Å². The van der Waals surface area contributed by atoms with Crippen LogP contribution in [-0.4, -0.2) is 19.4 Å². The van der Waals surface area contributed by atoms with Gasteiger partial charge in [0.05, 0.1) is 0 Å². The first-order valence-corrected chi connectivity index (χ1v) is 1.41. The van der Waals surface area contributed by atoms with Crippen LogP contribution in [-0.2, 0) is 32.9 Å². The first kappa shape index (κ1) is 23.0. The van der Waals surface area contributed by atoms with Crippen molar-refractivity contribution in [2.45, 2.75) is 0 Å². The molecular formula is C3H3O6V-3. The molecule has 6 nitrogen and oxygen atoms in total. The number of carbonyl (C=O) groups is 3. The van der Waals surface area contributed by atoms with E-state index in [4.69, 9.17) is 29.7 Å². The molecule has 0 fully saturated rings. The van der Waals surface area contributed by atoms with Crippen LogP contribution in [0.4, 0.5) is 0 Å². The van der Waals surface area contributed by atoms with Gasteiger partial charge in [0.1, 0.15) is 0 Å². The van der Waals surface area contributed by atoms with Crippen LogP contribution < -0.4 is 15.3 Å². The summed E-state index contributed by atoms with van der Waals surface area (Å²) in [5.74, 6) is 0. The maximum absolute atomic E-state index is 8.25. The molecule has 10 heavy (non-hydrogen) atoms. The summed E-state index contributed by atoms with van der Waals surface area (Å²) in [6.07, 6.45) is 0. The molecule has 0 unspecified atom stereocenters. The number of rotatable bonds is 0. The van der Waals surface area contributed by atoms with Gasteiger partial charge in [-0.25, -0.2) is 0 Å². The molecule has 0 aromatic rings. The Bertz CT molecular complexity index is 49.7. The topological polar surface area (TPSA) is 120 Å². The molecule has 0 saturated carbocycles. The third kappa shape index (κ3) is 249. The molecule has 59 valence electrons. The van der Waals surface area contributed by atoms with Crippen molar-refractivity contribution in [2.75, 3.05) is 0 Å². The fraction of sp³-hybridized carbons (Fsp3) is 0. The quantitative estimate of drug-likeness (QED) is 0.349. The minimum absolute atomic E-state index is 0. The monoisotopic (exact) mass is 186 g/mol. The van der Waals surface area contributed by atoms with E-state index < -0.39 is 19.4 Å². The summed E-state index contributed by atoms with van der Waals surface area (Å²) in [6, 6.07) is 0. The number of carboxylic acid groups (broad SMARTS) is 3. The molecule has 0 amide bonds. The van der Waals surface area contributed by atoms with E-state index in [-0.39, 0.29) is 18.6 Å². The summed E-state index contributed by atoms with van der Waals surface area (Å²) >= 11 is 0. The van der Waals surface area contributed by atoms with Gasteiger partial charge in [-0.3, -0.25) is 0 Å². The van der Waals surface area contributed by atoms with E-state index in [1.165, 1.54) is 0 Å². The normalized spacial score (nSPS) is 3.60. The third-order valence-electron chi connectivity index (χ3n) is 0. The first-order chi connectivity index (χ1) is 4.24. The van der Waals surface area contributed by atoms with Crippen LogP contribution >= 0.6 is 0 Å². The van der Waals surface area contributed by atoms with E-state index in [2.05, 4.69) is 0 Å². The van der Waals surface area contributed by atoms with Crippen molar-refractivity contribution in [3.05, 3.63) is 0 Å². The van der Waals surface area contributed by atoms with Crippen LogP contribution in [0.25, 0.3) is 0 Å². The van der Waals surface area contributed by atoms with Gasteiger partial charge in [0.2, 0.25) is 0 Å². The van der Waals surface area contributed by atoms with Gasteiger partial charge in [0, 0.05) is 38.0 Å². The molecule has 0 N–H and O–H groups in total. The molecule has 0 aliphatic rings. The van der Waals surface area contributed by atoms with Gasteiger partial charge in [-0.2, -0.15) is 0 Å². The van der Waals surface area contributed by atoms with Crippen LogP contribution in [0.3, 0.4) is 0 Å². The van der Waals surface area contributed by atoms with E-state index in [1.54, 1.807) is 0 Å². The van der Waals surface area contributed by atoms with Crippen molar-refractivity contribution < 1.29 is 48.3 Å². The zero-order chi connectivity index (χ0) is 8.12. The van der Waals surface area contributed by atoms with Gasteiger partial charge in [0.25, 0.3) is 0 Å². The maximum Gasteiger partial charge on any atom is 0.0275 e. The van der Waals surface area contributed by atoms with E-state index in [1.807, 2.05) is 0 Å². The fourth-order valence-corrected chi connectivity index (χ4v) is 0. The van der Waals surface area contributed by atoms with E-state index in [9.17, 15) is 0 Å². The summed E-state index contributed by atoms with van der Waals surface area (Å²) in [5, 5.41) is 24.8. The van der Waals surface area contributed by atoms with Crippen molar-refractivity contribution in [1.82, 2.24) is 0 Å². The predicted octanol–water partition coefficient (Wildman–Crippen LogP) is -4.90. The molecule has 0 spiro atoms. The zero-order valence-electron chi connectivity index (χ0n) is 4.63. The average Bonchev–Trinajstić information content (AvgIpc) is 1.70. The largest absolute Gasteiger partial charge is 0.554 e. The van der Waals surface area contributed by atoms with Crippen molar-refractivity contribution in [3.63, 3.8) is 0 Å². The Balaban J connectivity index is -0.0000000257. The molecule has 0 aliphatic carbocycles. The van der Waals surface area contributed by atoms with E-state index in [0.717, 1.165) is 0 Å². The Hall–Kier alpha value is -1.01. The summed E-state index contributed by atoms with van der Waals surface area (Å²) in [6.45, 7) is -1.50. The Kier molecular flexibility index (Phi) is 227. The van der Waals surface area contributed by atoms with Crippen molar-refractivity contribution in [1.29, 1.82) is 0 Å². The second kappa shape index (κ2) is 98.3. The van der Waals surface area contributed by atoms with Gasteiger partial charge in [-0.05, 0) is 0 Å². The van der Waals surface area contributed by atoms with Crippen LogP contribution in [0.1, 0.15) is 0 Å². The predicted molar refractivity (Wildman–Crippen MR) is 18.2 cm³/mol. The van der Waals surface area contributed by atoms with E-state index >= 15 is 0 Å². The number of carbonyl (C=O) groups excluding carboxylic acids is 3. The molecule has 0 aromatic carbocycles. The molecule has 1 radical (unpaired) electrons. The van der Waals surface area contributed by atoms with Gasteiger partial charge < -0.3 is 29.7 Å². The summed E-state index contributed by atoms with van der Waals surface area (Å²) in [5.41, 5.74) is 0. The number of hydrogen-bond donors (Lipinski definition) is 0. The molecule has 0 saturated heterocycles. The summed E-state index contributed by atoms with van der Waals surface area (Å²) in [7, 11) is 0. The SMILES string of the molecule is O=C[O-].O=C[O-].O=C[O-].[V]. The second-order valence-electron chi connectivity index (χ2n) is 0.289. The van der Waals surface area contributed by atoms with Crippen molar-refractivity contribution in [3.8, 4) is 0 Å². The molecule has 0 aliphatic heterocycles. The molecule has 0 atom stereocenters. The molecular weight excluding hydrogens is 183 g/mol. The Morgan fingerprint density at radius 3 is 0.700 bits per heavy atom. The molecule has 0 bridgehead atoms. The van der Waals surface area contributed by atoms with Gasteiger partial charge in [-0.1, -0.05) is 0 Å². The van der Waals surface area contributed by atoms with E-state index in [0.29, 0.717) is 0 Å². The van der Waals surface area contributed by atoms with Crippen LogP contribution in [0.15, 0.2) is 0 Å². The van der Waals surface area contributed by atoms with Crippen molar-refractivity contribution >= 4 is 19.4 Å². The fourth-order valence-electron chi connectivity index (χ4n) is 0. The first-order valence-electron chi connectivity index (χ1n) is 1.41. The maximum atomic E-state index is 8.25. The molecule has 0 heterocycles. The van der Waals surface area contributed by atoms with Crippen LogP contribution in [0.2, 0.25) is 0 Å². The smallest absolute Gasteiger partial charge is 0.0275 e. The number of hydrogen-bond acceptors (Lipinski definition) is 6. The van der Waals surface area contributed by atoms with Crippen molar-refractivity contribution in [2.24, 2.45) is 0 Å². The second-order valence-corrected chi connectivity index (χ2v) is 0.289. The zero-order valence-corrected chi connectivity index (χ0v) is 6.03. The third-order valence-corrected chi connectivity index (χ3v) is 0. The molecule has 0 aromatic heterocycles. The minimum Gasteiger partial charge on any atom is -0.554 e. The van der Waals surface area contributed by atoms with Gasteiger partial charge in [-0.15, -0.1) is 0 Å².